The summed E-state index contributed by atoms with van der Waals surface area (Å²) >= 11 is 0. The van der Waals surface area contributed by atoms with Crippen molar-refractivity contribution in [2.45, 2.75) is 52.6 Å². The van der Waals surface area contributed by atoms with Crippen molar-refractivity contribution in [1.29, 1.82) is 0 Å². The number of quaternary nitrogens is 1. The first kappa shape index (κ1) is 21.6. The molecule has 0 aromatic heterocycles. The highest BCUT2D eigenvalue weighted by atomic mass is 16.6. The second-order valence-corrected chi connectivity index (χ2v) is 7.74. The van der Waals surface area contributed by atoms with Crippen LogP contribution in [0.2, 0.25) is 0 Å². The van der Waals surface area contributed by atoms with Crippen molar-refractivity contribution in [3.05, 3.63) is 0 Å². The maximum atomic E-state index is 12.8. The van der Waals surface area contributed by atoms with Gasteiger partial charge in [0.05, 0.1) is 27.1 Å². The lowest BCUT2D eigenvalue weighted by Crippen LogP contribution is -2.58. The molecule has 0 N–H and O–H groups in total. The van der Waals surface area contributed by atoms with Crippen LogP contribution in [-0.2, 0) is 19.1 Å². The fourth-order valence-electron chi connectivity index (χ4n) is 2.38. The van der Waals surface area contributed by atoms with Crippen LogP contribution in [0, 0.1) is 11.8 Å². The molecule has 6 nitrogen and oxygen atoms in total. The molecule has 0 aliphatic heterocycles. The van der Waals surface area contributed by atoms with Crippen molar-refractivity contribution >= 4 is 17.7 Å². The van der Waals surface area contributed by atoms with Gasteiger partial charge in [0, 0.05) is 18.8 Å². The number of carboxylic acid groups (broad SMARTS) is 1. The first-order valence-electron chi connectivity index (χ1n) is 8.09. The summed E-state index contributed by atoms with van der Waals surface area (Å²) in [5, 5.41) is 11.3. The zero-order valence-corrected chi connectivity index (χ0v) is 15.5. The first-order valence-corrected chi connectivity index (χ1v) is 8.09. The lowest BCUT2D eigenvalue weighted by atomic mass is 9.87. The molecule has 134 valence electrons. The Kier molecular flexibility index (Phi) is 7.91. The molecule has 0 fully saturated rings. The number of aliphatic carboxylic acids is 1. The van der Waals surface area contributed by atoms with Gasteiger partial charge >= 0.3 is 5.97 Å². The number of carbonyl (C=O) groups excluding carboxylic acids is 3. The second kappa shape index (κ2) is 8.43. The fraction of sp³-hybridized carbons (Fsp3) is 0.824. The minimum atomic E-state index is -1.68. The van der Waals surface area contributed by atoms with E-state index in [0.717, 1.165) is 0 Å². The van der Waals surface area contributed by atoms with E-state index in [1.165, 1.54) is 0 Å². The summed E-state index contributed by atoms with van der Waals surface area (Å²) in [6, 6.07) is 0. The van der Waals surface area contributed by atoms with Crippen molar-refractivity contribution in [2.24, 2.45) is 11.8 Å². The average molecular weight is 329 g/mol. The lowest BCUT2D eigenvalue weighted by Gasteiger charge is -2.38. The lowest BCUT2D eigenvalue weighted by molar-refractivity contribution is -0.875. The smallest absolute Gasteiger partial charge is 0.309 e. The van der Waals surface area contributed by atoms with E-state index in [2.05, 4.69) is 0 Å². The Morgan fingerprint density at radius 1 is 1.13 bits per heavy atom. The van der Waals surface area contributed by atoms with Gasteiger partial charge in [0.15, 0.2) is 5.78 Å². The van der Waals surface area contributed by atoms with Crippen LogP contribution in [-0.4, -0.2) is 55.5 Å². The van der Waals surface area contributed by atoms with Gasteiger partial charge in [-0.2, -0.15) is 0 Å². The standard InChI is InChI=1S/C17H31NO5/c1-8-13(4)16(22)23-17(10-15(20)21,11-18(5,6)7)14(19)9-12(2)3/h12-13H,8-11H2,1-7H3. The number of hydrogen-bond donors (Lipinski definition) is 0. The highest BCUT2D eigenvalue weighted by Crippen LogP contribution is 2.26. The molecule has 0 heterocycles. The Bertz CT molecular complexity index is 439. The van der Waals surface area contributed by atoms with Crippen molar-refractivity contribution in [1.82, 2.24) is 0 Å². The predicted molar refractivity (Wildman–Crippen MR) is 85.3 cm³/mol. The van der Waals surface area contributed by atoms with E-state index in [0.29, 0.717) is 10.9 Å². The molecule has 0 bridgehead atoms. The van der Waals surface area contributed by atoms with Gasteiger partial charge in [-0.25, -0.2) is 0 Å². The fourth-order valence-corrected chi connectivity index (χ4v) is 2.38. The minimum absolute atomic E-state index is 0.0402. The van der Waals surface area contributed by atoms with E-state index in [4.69, 9.17) is 4.74 Å². The molecule has 0 amide bonds. The van der Waals surface area contributed by atoms with Crippen LogP contribution >= 0.6 is 0 Å². The number of esters is 1. The van der Waals surface area contributed by atoms with Crippen LogP contribution in [0.25, 0.3) is 0 Å². The molecule has 0 saturated carbocycles. The Morgan fingerprint density at radius 2 is 1.65 bits per heavy atom. The Morgan fingerprint density at radius 3 is 2.00 bits per heavy atom. The molecular weight excluding hydrogens is 298 g/mol. The van der Waals surface area contributed by atoms with Gasteiger partial charge in [0.1, 0.15) is 6.54 Å². The molecule has 0 aromatic carbocycles. The summed E-state index contributed by atoms with van der Waals surface area (Å²) in [5.41, 5.74) is -1.68. The SMILES string of the molecule is CCC(C)C(=O)OC(CC(=O)[O-])(C[N+](C)(C)C)C(=O)CC(C)C. The molecule has 0 aromatic rings. The summed E-state index contributed by atoms with van der Waals surface area (Å²) < 4.78 is 5.81. The van der Waals surface area contributed by atoms with E-state index in [1.807, 2.05) is 41.9 Å². The summed E-state index contributed by atoms with van der Waals surface area (Å²) in [6.45, 7) is 7.36. The van der Waals surface area contributed by atoms with E-state index < -0.39 is 29.9 Å². The highest BCUT2D eigenvalue weighted by Gasteiger charge is 2.47. The number of ketones is 1. The number of likely N-dealkylation sites (N-methyl/N-ethyl adjacent to an activating group) is 1. The van der Waals surface area contributed by atoms with Gasteiger partial charge in [-0.1, -0.05) is 27.7 Å². The molecule has 6 heteroatoms. The number of Topliss-reactive ketones (excluding diaryl/α,β-unsaturated/α-hetero) is 1. The van der Waals surface area contributed by atoms with Crippen LogP contribution < -0.4 is 5.11 Å². The Hall–Kier alpha value is -1.43. The van der Waals surface area contributed by atoms with Gasteiger partial charge in [-0.3, -0.25) is 9.59 Å². The van der Waals surface area contributed by atoms with E-state index in [1.54, 1.807) is 6.92 Å². The monoisotopic (exact) mass is 329 g/mol. The average Bonchev–Trinajstić information content (AvgIpc) is 2.33. The molecule has 0 aliphatic carbocycles. The van der Waals surface area contributed by atoms with Crippen LogP contribution in [0.4, 0.5) is 0 Å². The van der Waals surface area contributed by atoms with Crippen LogP contribution in [0.5, 0.6) is 0 Å². The van der Waals surface area contributed by atoms with Gasteiger partial charge in [-0.15, -0.1) is 0 Å². The van der Waals surface area contributed by atoms with Gasteiger partial charge in [0.2, 0.25) is 5.60 Å². The van der Waals surface area contributed by atoms with Crippen LogP contribution in [0.1, 0.15) is 47.0 Å². The number of hydrogen-bond acceptors (Lipinski definition) is 5. The van der Waals surface area contributed by atoms with Gasteiger partial charge in [0.25, 0.3) is 0 Å². The topological polar surface area (TPSA) is 83.5 Å². The molecule has 0 aliphatic rings. The number of rotatable bonds is 10. The number of nitrogens with zero attached hydrogens (tertiary/aromatic N) is 1. The Balaban J connectivity index is 5.77. The van der Waals surface area contributed by atoms with Crippen molar-refractivity contribution in [3.8, 4) is 0 Å². The first-order chi connectivity index (χ1) is 10.3. The van der Waals surface area contributed by atoms with E-state index in [9.17, 15) is 19.5 Å². The minimum Gasteiger partial charge on any atom is -0.550 e. The summed E-state index contributed by atoms with van der Waals surface area (Å²) in [5.74, 6) is -2.65. The number of carbonyl (C=O) groups is 3. The number of carboxylic acids is 1. The van der Waals surface area contributed by atoms with E-state index >= 15 is 0 Å². The van der Waals surface area contributed by atoms with Crippen molar-refractivity contribution in [2.75, 3.05) is 27.7 Å². The maximum Gasteiger partial charge on any atom is 0.309 e. The predicted octanol–water partition coefficient (Wildman–Crippen LogP) is 0.776. The number of ether oxygens (including phenoxy) is 1. The second-order valence-electron chi connectivity index (χ2n) is 7.74. The molecule has 0 radical (unpaired) electrons. The third-order valence-corrected chi connectivity index (χ3v) is 3.57. The maximum absolute atomic E-state index is 12.8. The molecular formula is C17H31NO5. The molecule has 0 rings (SSSR count). The largest absolute Gasteiger partial charge is 0.550 e. The van der Waals surface area contributed by atoms with Crippen LogP contribution in [0.3, 0.4) is 0 Å². The summed E-state index contributed by atoms with van der Waals surface area (Å²) in [4.78, 5) is 36.3. The van der Waals surface area contributed by atoms with Crippen molar-refractivity contribution in [3.63, 3.8) is 0 Å². The van der Waals surface area contributed by atoms with Gasteiger partial charge < -0.3 is 19.1 Å². The zero-order chi connectivity index (χ0) is 18.4. The molecule has 23 heavy (non-hydrogen) atoms. The molecule has 0 spiro atoms. The van der Waals surface area contributed by atoms with Crippen LogP contribution in [0.15, 0.2) is 0 Å². The van der Waals surface area contributed by atoms with Crippen molar-refractivity contribution < 1.29 is 28.7 Å². The summed E-state index contributed by atoms with van der Waals surface area (Å²) in [7, 11) is 5.47. The zero-order valence-electron chi connectivity index (χ0n) is 15.5. The highest BCUT2D eigenvalue weighted by molar-refractivity contribution is 5.93. The third-order valence-electron chi connectivity index (χ3n) is 3.57. The molecule has 0 saturated heterocycles. The summed E-state index contributed by atoms with van der Waals surface area (Å²) in [6.07, 6.45) is 0.0975. The van der Waals surface area contributed by atoms with E-state index in [-0.39, 0.29) is 24.7 Å². The third kappa shape index (κ3) is 7.59. The Labute approximate surface area is 139 Å². The molecule has 2 atom stereocenters. The van der Waals surface area contributed by atoms with Gasteiger partial charge in [-0.05, 0) is 12.3 Å². The molecule has 2 unspecified atom stereocenters. The normalized spacial score (nSPS) is 15.8. The quantitative estimate of drug-likeness (QED) is 0.437.